The topological polar surface area (TPSA) is 42.0 Å². The van der Waals surface area contributed by atoms with E-state index in [0.29, 0.717) is 33.8 Å². The van der Waals surface area contributed by atoms with E-state index in [-0.39, 0.29) is 11.5 Å². The molecule has 172 valence electrons. The molecule has 7 heteroatoms. The van der Waals surface area contributed by atoms with E-state index in [9.17, 15) is 18.0 Å². The third-order valence-electron chi connectivity index (χ3n) is 5.24. The van der Waals surface area contributed by atoms with Crippen molar-refractivity contribution in [1.29, 1.82) is 0 Å². The molecule has 1 atom stereocenters. The van der Waals surface area contributed by atoms with Crippen molar-refractivity contribution in [2.45, 2.75) is 39.4 Å². The molecule has 0 radical (unpaired) electrons. The molecule has 33 heavy (non-hydrogen) atoms. The Morgan fingerprint density at radius 3 is 2.27 bits per heavy atom. The minimum absolute atomic E-state index is 0.156. The van der Waals surface area contributed by atoms with Gasteiger partial charge in [-0.1, -0.05) is 60.2 Å². The molecule has 0 spiro atoms. The molecule has 1 N–H and O–H groups in total. The number of nitrogens with zero attached hydrogens (tertiary/aromatic N) is 1. The van der Waals surface area contributed by atoms with Crippen molar-refractivity contribution >= 4 is 23.6 Å². The molecule has 0 bridgehead atoms. The van der Waals surface area contributed by atoms with E-state index in [1.165, 1.54) is 18.2 Å². The fourth-order valence-electron chi connectivity index (χ4n) is 3.49. The van der Waals surface area contributed by atoms with Crippen LogP contribution in [0.15, 0.2) is 60.8 Å². The highest BCUT2D eigenvalue weighted by Crippen LogP contribution is 2.38. The number of amides is 1. The molecule has 2 aromatic carbocycles. The first-order chi connectivity index (χ1) is 15.5. The summed E-state index contributed by atoms with van der Waals surface area (Å²) >= 11 is 6.11. The predicted octanol–water partition coefficient (Wildman–Crippen LogP) is 6.95. The predicted molar refractivity (Wildman–Crippen MR) is 125 cm³/mol. The van der Waals surface area contributed by atoms with Crippen LogP contribution in [0.2, 0.25) is 5.02 Å². The highest BCUT2D eigenvalue weighted by atomic mass is 35.5. The van der Waals surface area contributed by atoms with Gasteiger partial charge < -0.3 is 5.32 Å². The van der Waals surface area contributed by atoms with Crippen molar-refractivity contribution in [3.63, 3.8) is 0 Å². The monoisotopic (exact) mass is 472 g/mol. The van der Waals surface area contributed by atoms with Gasteiger partial charge in [0.25, 0.3) is 5.91 Å². The largest absolute Gasteiger partial charge is 0.399 e. The summed E-state index contributed by atoms with van der Waals surface area (Å²) in [5.74, 6) is -1.96. The average Bonchev–Trinajstić information content (AvgIpc) is 2.75. The van der Waals surface area contributed by atoms with Crippen LogP contribution in [0.4, 0.5) is 13.2 Å². The van der Waals surface area contributed by atoms with Gasteiger partial charge in [-0.15, -0.1) is 0 Å². The zero-order chi connectivity index (χ0) is 24.2. The molecule has 0 aliphatic rings. The normalized spacial score (nSPS) is 12.7. The standard InChI is InChI=1S/C26H24ClF3N2O/c1-16-12-22(13-17(2)24(16)27)23(26(28,29)30)9-8-19-4-6-20(7-5-19)15-32-25(33)21-10-11-31-18(3)14-21/h4-14,23H,15H2,1-3H3,(H,32,33)/b9-8+. The Morgan fingerprint density at radius 2 is 1.70 bits per heavy atom. The van der Waals surface area contributed by atoms with Crippen molar-refractivity contribution < 1.29 is 18.0 Å². The summed E-state index contributed by atoms with van der Waals surface area (Å²) in [6.07, 6.45) is -0.241. The molecule has 3 nitrogen and oxygen atoms in total. The summed E-state index contributed by atoms with van der Waals surface area (Å²) in [6, 6.07) is 13.3. The summed E-state index contributed by atoms with van der Waals surface area (Å²) < 4.78 is 41.2. The summed E-state index contributed by atoms with van der Waals surface area (Å²) in [5, 5.41) is 3.30. The molecule has 1 unspecified atom stereocenters. The van der Waals surface area contributed by atoms with E-state index in [2.05, 4.69) is 10.3 Å². The second-order valence-electron chi connectivity index (χ2n) is 7.96. The number of carbonyl (C=O) groups is 1. The van der Waals surface area contributed by atoms with Gasteiger partial charge in [0.1, 0.15) is 0 Å². The molecule has 1 heterocycles. The Hall–Kier alpha value is -3.12. The van der Waals surface area contributed by atoms with E-state index in [4.69, 9.17) is 11.6 Å². The fraction of sp³-hybridized carbons (Fsp3) is 0.231. The zero-order valence-corrected chi connectivity index (χ0v) is 19.3. The second kappa shape index (κ2) is 10.2. The zero-order valence-electron chi connectivity index (χ0n) is 18.5. The Morgan fingerprint density at radius 1 is 1.06 bits per heavy atom. The van der Waals surface area contributed by atoms with E-state index in [1.807, 2.05) is 6.92 Å². The summed E-state index contributed by atoms with van der Waals surface area (Å²) in [4.78, 5) is 16.3. The van der Waals surface area contributed by atoms with Gasteiger partial charge in [-0.3, -0.25) is 9.78 Å². The van der Waals surface area contributed by atoms with Crippen molar-refractivity contribution in [3.05, 3.63) is 105 Å². The van der Waals surface area contributed by atoms with Gasteiger partial charge in [-0.25, -0.2) is 0 Å². The van der Waals surface area contributed by atoms with Crippen LogP contribution in [0.25, 0.3) is 6.08 Å². The minimum atomic E-state index is -4.43. The molecule has 1 aromatic heterocycles. The number of alkyl halides is 3. The van der Waals surface area contributed by atoms with E-state index in [1.54, 1.807) is 56.4 Å². The average molecular weight is 473 g/mol. The lowest BCUT2D eigenvalue weighted by molar-refractivity contribution is -0.139. The van der Waals surface area contributed by atoms with Crippen LogP contribution in [0, 0.1) is 20.8 Å². The number of hydrogen-bond acceptors (Lipinski definition) is 2. The fourth-order valence-corrected chi connectivity index (χ4v) is 3.60. The van der Waals surface area contributed by atoms with E-state index < -0.39 is 12.1 Å². The lowest BCUT2D eigenvalue weighted by Crippen LogP contribution is -2.22. The molecule has 0 aliphatic carbocycles. The maximum atomic E-state index is 13.7. The van der Waals surface area contributed by atoms with Gasteiger partial charge in [0.05, 0.1) is 5.92 Å². The molecule has 3 aromatic rings. The van der Waals surface area contributed by atoms with Gasteiger partial charge in [-0.2, -0.15) is 13.2 Å². The lowest BCUT2D eigenvalue weighted by atomic mass is 9.94. The van der Waals surface area contributed by atoms with Gasteiger partial charge in [0.15, 0.2) is 0 Å². The van der Waals surface area contributed by atoms with Crippen molar-refractivity contribution in [2.75, 3.05) is 0 Å². The molecule has 0 fully saturated rings. The smallest absolute Gasteiger partial charge is 0.348 e. The number of nitrogens with one attached hydrogen (secondary N) is 1. The third kappa shape index (κ3) is 6.45. The van der Waals surface area contributed by atoms with Crippen LogP contribution in [0.1, 0.15) is 49.8 Å². The van der Waals surface area contributed by atoms with Gasteiger partial charge in [0, 0.05) is 29.0 Å². The number of rotatable bonds is 6. The highest BCUT2D eigenvalue weighted by Gasteiger charge is 2.39. The Balaban J connectivity index is 1.70. The number of aromatic nitrogens is 1. The van der Waals surface area contributed by atoms with Crippen molar-refractivity contribution in [3.8, 4) is 0 Å². The first-order valence-electron chi connectivity index (χ1n) is 10.4. The lowest BCUT2D eigenvalue weighted by Gasteiger charge is -2.19. The molecule has 1 amide bonds. The third-order valence-corrected chi connectivity index (χ3v) is 5.84. The number of allylic oxidation sites excluding steroid dienone is 1. The molecule has 0 saturated carbocycles. The minimum Gasteiger partial charge on any atom is -0.348 e. The van der Waals surface area contributed by atoms with Crippen LogP contribution in [0.5, 0.6) is 0 Å². The van der Waals surface area contributed by atoms with Gasteiger partial charge >= 0.3 is 6.18 Å². The number of pyridine rings is 1. The van der Waals surface area contributed by atoms with Crippen LogP contribution in [-0.2, 0) is 6.54 Å². The molecule has 0 aliphatic heterocycles. The number of hydrogen-bond donors (Lipinski definition) is 1. The van der Waals surface area contributed by atoms with Gasteiger partial charge in [0.2, 0.25) is 0 Å². The Kier molecular flexibility index (Phi) is 7.59. The van der Waals surface area contributed by atoms with Crippen LogP contribution in [0.3, 0.4) is 0 Å². The maximum Gasteiger partial charge on any atom is 0.399 e. The number of benzene rings is 2. The Labute approximate surface area is 196 Å². The first-order valence-corrected chi connectivity index (χ1v) is 10.7. The Bertz CT molecular complexity index is 1150. The maximum absolute atomic E-state index is 13.7. The number of carbonyl (C=O) groups excluding carboxylic acids is 1. The van der Waals surface area contributed by atoms with Crippen LogP contribution in [-0.4, -0.2) is 17.1 Å². The number of halogens is 4. The first kappa shape index (κ1) is 24.5. The molecule has 0 saturated heterocycles. The van der Waals surface area contributed by atoms with Crippen LogP contribution >= 0.6 is 11.6 Å². The van der Waals surface area contributed by atoms with Crippen molar-refractivity contribution in [2.24, 2.45) is 0 Å². The molecule has 3 rings (SSSR count). The number of aryl methyl sites for hydroxylation is 3. The molecular weight excluding hydrogens is 449 g/mol. The highest BCUT2D eigenvalue weighted by molar-refractivity contribution is 6.32. The SMILES string of the molecule is Cc1cc(C(=O)NCc2ccc(/C=C/C(c3cc(C)c(Cl)c(C)c3)C(F)(F)F)cc2)ccn1. The summed E-state index contributed by atoms with van der Waals surface area (Å²) in [5.41, 5.74) is 4.12. The second-order valence-corrected chi connectivity index (χ2v) is 8.34. The molecular formula is C26H24ClF3N2O. The van der Waals surface area contributed by atoms with Crippen LogP contribution < -0.4 is 5.32 Å². The van der Waals surface area contributed by atoms with E-state index in [0.717, 1.165) is 17.3 Å². The van der Waals surface area contributed by atoms with E-state index >= 15 is 0 Å². The van der Waals surface area contributed by atoms with Gasteiger partial charge in [-0.05, 0) is 60.7 Å². The summed E-state index contributed by atoms with van der Waals surface area (Å²) in [6.45, 7) is 5.51. The quantitative estimate of drug-likeness (QED) is 0.421. The summed E-state index contributed by atoms with van der Waals surface area (Å²) in [7, 11) is 0. The van der Waals surface area contributed by atoms with Crippen molar-refractivity contribution in [1.82, 2.24) is 10.3 Å².